The van der Waals surface area contributed by atoms with Gasteiger partial charge in [0.25, 0.3) is 0 Å². The summed E-state index contributed by atoms with van der Waals surface area (Å²) in [5.74, 6) is -1.22. The molecule has 1 rings (SSSR count). The van der Waals surface area contributed by atoms with Crippen molar-refractivity contribution in [3.05, 3.63) is 23.8 Å². The monoisotopic (exact) mass is 293 g/mol. The first-order valence-electron chi connectivity index (χ1n) is 6.89. The Bertz CT molecular complexity index is 515. The summed E-state index contributed by atoms with van der Waals surface area (Å²) in [7, 11) is 3.96. The lowest BCUT2D eigenvalue weighted by atomic mass is 10.1. The molecule has 1 aromatic rings. The molecule has 0 aromatic heterocycles. The first-order chi connectivity index (χ1) is 9.85. The molecular weight excluding hydrogens is 270 g/mol. The molecule has 6 nitrogen and oxygen atoms in total. The van der Waals surface area contributed by atoms with Crippen LogP contribution in [0.25, 0.3) is 0 Å². The number of carboxylic acids is 1. The van der Waals surface area contributed by atoms with Crippen LogP contribution >= 0.6 is 0 Å². The average Bonchev–Trinajstić information content (AvgIpc) is 2.39. The van der Waals surface area contributed by atoms with E-state index in [1.54, 1.807) is 12.1 Å². The van der Waals surface area contributed by atoms with Gasteiger partial charge in [0.15, 0.2) is 0 Å². The van der Waals surface area contributed by atoms with E-state index in [0.717, 1.165) is 13.1 Å². The highest BCUT2D eigenvalue weighted by Crippen LogP contribution is 2.24. The highest BCUT2D eigenvalue weighted by Gasteiger charge is 2.16. The van der Waals surface area contributed by atoms with Crippen LogP contribution in [-0.2, 0) is 4.79 Å². The van der Waals surface area contributed by atoms with Crippen LogP contribution in [0.4, 0.5) is 11.4 Å². The van der Waals surface area contributed by atoms with Crippen LogP contribution in [0.15, 0.2) is 18.2 Å². The molecular formula is C15H23N3O3. The zero-order valence-electron chi connectivity index (χ0n) is 13.0. The van der Waals surface area contributed by atoms with E-state index in [-0.39, 0.29) is 11.5 Å². The molecule has 21 heavy (non-hydrogen) atoms. The summed E-state index contributed by atoms with van der Waals surface area (Å²) in [4.78, 5) is 26.6. The van der Waals surface area contributed by atoms with Gasteiger partial charge in [-0.15, -0.1) is 0 Å². The van der Waals surface area contributed by atoms with E-state index in [0.29, 0.717) is 17.9 Å². The van der Waals surface area contributed by atoms with E-state index in [1.165, 1.54) is 13.0 Å². The topological polar surface area (TPSA) is 72.9 Å². The van der Waals surface area contributed by atoms with Crippen LogP contribution in [0, 0.1) is 0 Å². The summed E-state index contributed by atoms with van der Waals surface area (Å²) >= 11 is 0. The van der Waals surface area contributed by atoms with E-state index in [1.807, 2.05) is 25.9 Å². The Morgan fingerprint density at radius 2 is 1.90 bits per heavy atom. The van der Waals surface area contributed by atoms with Crippen molar-refractivity contribution in [3.63, 3.8) is 0 Å². The van der Waals surface area contributed by atoms with Crippen LogP contribution in [0.3, 0.4) is 0 Å². The number of carboxylic acid groups (broad SMARTS) is 1. The Balaban J connectivity index is 3.08. The molecule has 0 heterocycles. The molecule has 0 aliphatic rings. The number of benzene rings is 1. The van der Waals surface area contributed by atoms with Crippen molar-refractivity contribution in [3.8, 4) is 0 Å². The number of hydrogen-bond donors (Lipinski definition) is 2. The third-order valence-electron chi connectivity index (χ3n) is 3.09. The van der Waals surface area contributed by atoms with Gasteiger partial charge in [0.05, 0.1) is 11.3 Å². The van der Waals surface area contributed by atoms with Crippen LogP contribution in [0.5, 0.6) is 0 Å². The van der Waals surface area contributed by atoms with Crippen molar-refractivity contribution in [2.75, 3.05) is 43.9 Å². The van der Waals surface area contributed by atoms with Crippen molar-refractivity contribution < 1.29 is 14.7 Å². The van der Waals surface area contributed by atoms with Crippen LogP contribution in [-0.4, -0.2) is 55.6 Å². The smallest absolute Gasteiger partial charge is 0.337 e. The van der Waals surface area contributed by atoms with E-state index in [4.69, 9.17) is 0 Å². The lowest BCUT2D eigenvalue weighted by Gasteiger charge is -2.26. The molecule has 116 valence electrons. The first-order valence-corrected chi connectivity index (χ1v) is 6.89. The standard InChI is InChI=1S/C15H23N3O3/c1-5-18(9-8-17(3)4)14-7-6-12(16-11(2)19)10-13(14)15(20)21/h6-7,10H,5,8-9H2,1-4H3,(H,16,19)(H,20,21). The minimum atomic E-state index is -1.000. The van der Waals surface area contributed by atoms with Crippen molar-refractivity contribution in [2.45, 2.75) is 13.8 Å². The van der Waals surface area contributed by atoms with Gasteiger partial charge >= 0.3 is 5.97 Å². The molecule has 6 heteroatoms. The summed E-state index contributed by atoms with van der Waals surface area (Å²) in [6.45, 7) is 5.67. The molecule has 1 aromatic carbocycles. The van der Waals surface area contributed by atoms with Gasteiger partial charge in [0.1, 0.15) is 0 Å². The van der Waals surface area contributed by atoms with Gasteiger partial charge in [0.2, 0.25) is 5.91 Å². The molecule has 0 saturated heterocycles. The minimum absolute atomic E-state index is 0.196. The van der Waals surface area contributed by atoms with Gasteiger partial charge in [-0.3, -0.25) is 4.79 Å². The zero-order valence-corrected chi connectivity index (χ0v) is 13.0. The number of anilines is 2. The number of rotatable bonds is 7. The third-order valence-corrected chi connectivity index (χ3v) is 3.09. The van der Waals surface area contributed by atoms with Crippen LogP contribution in [0.1, 0.15) is 24.2 Å². The number of nitrogens with one attached hydrogen (secondary N) is 1. The molecule has 2 N–H and O–H groups in total. The van der Waals surface area contributed by atoms with Gasteiger partial charge in [0, 0.05) is 32.2 Å². The highest BCUT2D eigenvalue weighted by molar-refractivity contribution is 5.97. The summed E-state index contributed by atoms with van der Waals surface area (Å²) in [6, 6.07) is 4.97. The predicted octanol–water partition coefficient (Wildman–Crippen LogP) is 1.73. The molecule has 0 aliphatic carbocycles. The molecule has 0 aliphatic heterocycles. The molecule has 0 unspecified atom stereocenters. The normalized spacial score (nSPS) is 10.5. The second-order valence-electron chi connectivity index (χ2n) is 5.10. The third kappa shape index (κ3) is 5.07. The van der Waals surface area contributed by atoms with Crippen molar-refractivity contribution >= 4 is 23.3 Å². The molecule has 0 atom stereocenters. The molecule has 0 bridgehead atoms. The predicted molar refractivity (Wildman–Crippen MR) is 84.1 cm³/mol. The lowest BCUT2D eigenvalue weighted by Crippen LogP contribution is -2.32. The van der Waals surface area contributed by atoms with Gasteiger partial charge in [-0.25, -0.2) is 4.79 Å². The lowest BCUT2D eigenvalue weighted by molar-refractivity contribution is -0.114. The summed E-state index contributed by atoms with van der Waals surface area (Å²) in [6.07, 6.45) is 0. The number of carbonyl (C=O) groups is 2. The van der Waals surface area contributed by atoms with Crippen molar-refractivity contribution in [1.29, 1.82) is 0 Å². The molecule has 0 radical (unpaired) electrons. The van der Waals surface area contributed by atoms with Crippen molar-refractivity contribution in [1.82, 2.24) is 4.90 Å². The summed E-state index contributed by atoms with van der Waals surface area (Å²) in [5, 5.41) is 12.0. The Hall–Kier alpha value is -2.08. The number of aromatic carboxylic acids is 1. The zero-order chi connectivity index (χ0) is 16.0. The summed E-state index contributed by atoms with van der Waals surface area (Å²) < 4.78 is 0. The SMILES string of the molecule is CCN(CCN(C)C)c1ccc(NC(C)=O)cc1C(=O)O. The molecule has 0 spiro atoms. The van der Waals surface area contributed by atoms with Crippen LogP contribution in [0.2, 0.25) is 0 Å². The van der Waals surface area contributed by atoms with E-state index in [9.17, 15) is 14.7 Å². The second kappa shape index (κ2) is 7.64. The van der Waals surface area contributed by atoms with Crippen molar-refractivity contribution in [2.24, 2.45) is 0 Å². The number of hydrogen-bond acceptors (Lipinski definition) is 4. The maximum absolute atomic E-state index is 11.5. The van der Waals surface area contributed by atoms with Gasteiger partial charge in [-0.2, -0.15) is 0 Å². The Labute approximate surface area is 125 Å². The fourth-order valence-corrected chi connectivity index (χ4v) is 2.03. The van der Waals surface area contributed by atoms with E-state index in [2.05, 4.69) is 10.2 Å². The summed E-state index contributed by atoms with van der Waals surface area (Å²) in [5.41, 5.74) is 1.36. The molecule has 0 saturated carbocycles. The minimum Gasteiger partial charge on any atom is -0.478 e. The molecule has 0 fully saturated rings. The quantitative estimate of drug-likeness (QED) is 0.801. The van der Waals surface area contributed by atoms with Gasteiger partial charge < -0.3 is 20.2 Å². The average molecular weight is 293 g/mol. The Morgan fingerprint density at radius 3 is 2.38 bits per heavy atom. The first kappa shape index (κ1) is 17.0. The van der Waals surface area contributed by atoms with Gasteiger partial charge in [-0.05, 0) is 39.2 Å². The van der Waals surface area contributed by atoms with Gasteiger partial charge in [-0.1, -0.05) is 0 Å². The maximum atomic E-state index is 11.5. The maximum Gasteiger partial charge on any atom is 0.337 e. The fraction of sp³-hybridized carbons (Fsp3) is 0.467. The van der Waals surface area contributed by atoms with E-state index >= 15 is 0 Å². The Kier molecular flexibility index (Phi) is 6.17. The number of carbonyl (C=O) groups excluding carboxylic acids is 1. The second-order valence-corrected chi connectivity index (χ2v) is 5.10. The molecule has 1 amide bonds. The van der Waals surface area contributed by atoms with E-state index < -0.39 is 5.97 Å². The largest absolute Gasteiger partial charge is 0.478 e. The fourth-order valence-electron chi connectivity index (χ4n) is 2.03. The highest BCUT2D eigenvalue weighted by atomic mass is 16.4. The Morgan fingerprint density at radius 1 is 1.24 bits per heavy atom. The van der Waals surface area contributed by atoms with Crippen LogP contribution < -0.4 is 10.2 Å². The number of amides is 1. The number of likely N-dealkylation sites (N-methyl/N-ethyl adjacent to an activating group) is 2. The number of nitrogens with zero attached hydrogens (tertiary/aromatic N) is 2.